The van der Waals surface area contributed by atoms with Gasteiger partial charge in [0.1, 0.15) is 6.61 Å². The quantitative estimate of drug-likeness (QED) is 0.327. The highest BCUT2D eigenvalue weighted by atomic mass is 32.2. The molecule has 0 aromatic heterocycles. The number of ether oxygens (including phenoxy) is 1. The second-order valence-electron chi connectivity index (χ2n) is 1.69. The van der Waals surface area contributed by atoms with Gasteiger partial charge in [0.15, 0.2) is 0 Å². The molecule has 0 heterocycles. The molecule has 0 aromatic rings. The van der Waals surface area contributed by atoms with Crippen LogP contribution >= 0.6 is 25.3 Å². The summed E-state index contributed by atoms with van der Waals surface area (Å²) in [6.45, 7) is 0.628. The van der Waals surface area contributed by atoms with E-state index in [4.69, 9.17) is 5.73 Å². The number of carbonyl (C=O) groups excluding carboxylic acids is 1. The SMILES string of the molecule is NCCOC(=O)CC(S)S. The molecular formula is C5H11NO2S2. The predicted octanol–water partition coefficient (Wildman–Crippen LogP) is 0.0641. The maximum absolute atomic E-state index is 10.6. The van der Waals surface area contributed by atoms with Gasteiger partial charge in [-0.25, -0.2) is 0 Å². The fourth-order valence-electron chi connectivity index (χ4n) is 0.381. The standard InChI is InChI=1S/C5H11NO2S2/c6-1-2-8-4(7)3-5(9)10/h5,9-10H,1-3,6H2. The van der Waals surface area contributed by atoms with Crippen molar-refractivity contribution in [3.8, 4) is 0 Å². The minimum absolute atomic E-state index is 0.215. The van der Waals surface area contributed by atoms with Crippen molar-refractivity contribution in [3.63, 3.8) is 0 Å². The van der Waals surface area contributed by atoms with E-state index in [0.29, 0.717) is 6.54 Å². The van der Waals surface area contributed by atoms with Gasteiger partial charge in [-0.15, -0.1) is 0 Å². The zero-order chi connectivity index (χ0) is 7.98. The second kappa shape index (κ2) is 5.88. The Labute approximate surface area is 71.1 Å². The van der Waals surface area contributed by atoms with Gasteiger partial charge in [0.2, 0.25) is 0 Å². The zero-order valence-corrected chi connectivity index (χ0v) is 7.28. The molecule has 60 valence electrons. The fourth-order valence-corrected chi connectivity index (χ4v) is 0.679. The highest BCUT2D eigenvalue weighted by Crippen LogP contribution is 2.05. The third-order valence-corrected chi connectivity index (χ3v) is 1.10. The van der Waals surface area contributed by atoms with Crippen LogP contribution in [0.15, 0.2) is 0 Å². The van der Waals surface area contributed by atoms with Gasteiger partial charge in [-0.1, -0.05) is 0 Å². The predicted molar refractivity (Wildman–Crippen MR) is 46.4 cm³/mol. The molecule has 3 nitrogen and oxygen atoms in total. The largest absolute Gasteiger partial charge is 0.464 e. The number of carbonyl (C=O) groups is 1. The van der Waals surface area contributed by atoms with Crippen LogP contribution in [-0.2, 0) is 9.53 Å². The third kappa shape index (κ3) is 6.25. The van der Waals surface area contributed by atoms with Gasteiger partial charge in [-0.05, 0) is 0 Å². The molecule has 5 heteroatoms. The van der Waals surface area contributed by atoms with E-state index in [1.807, 2.05) is 0 Å². The Morgan fingerprint density at radius 3 is 2.60 bits per heavy atom. The summed E-state index contributed by atoms with van der Waals surface area (Å²) in [5, 5.41) is 0. The molecular weight excluding hydrogens is 170 g/mol. The number of hydrogen-bond acceptors (Lipinski definition) is 5. The lowest BCUT2D eigenvalue weighted by Crippen LogP contribution is -2.14. The van der Waals surface area contributed by atoms with Crippen molar-refractivity contribution in [1.82, 2.24) is 0 Å². The van der Waals surface area contributed by atoms with Gasteiger partial charge in [0.05, 0.1) is 11.0 Å². The van der Waals surface area contributed by atoms with E-state index in [9.17, 15) is 4.79 Å². The van der Waals surface area contributed by atoms with Crippen molar-refractivity contribution in [3.05, 3.63) is 0 Å². The van der Waals surface area contributed by atoms with Crippen LogP contribution in [0.2, 0.25) is 0 Å². The maximum Gasteiger partial charge on any atom is 0.307 e. The monoisotopic (exact) mass is 181 g/mol. The first kappa shape index (κ1) is 10.1. The van der Waals surface area contributed by atoms with Gasteiger partial charge in [0.25, 0.3) is 0 Å². The number of nitrogens with two attached hydrogens (primary N) is 1. The molecule has 0 rings (SSSR count). The van der Waals surface area contributed by atoms with Gasteiger partial charge in [-0.2, -0.15) is 25.3 Å². The smallest absolute Gasteiger partial charge is 0.307 e. The van der Waals surface area contributed by atoms with Crippen molar-refractivity contribution < 1.29 is 9.53 Å². The molecule has 0 spiro atoms. The van der Waals surface area contributed by atoms with E-state index >= 15 is 0 Å². The summed E-state index contributed by atoms with van der Waals surface area (Å²) in [5.74, 6) is -0.305. The van der Waals surface area contributed by atoms with E-state index in [-0.39, 0.29) is 23.6 Å². The molecule has 0 atom stereocenters. The van der Waals surface area contributed by atoms with Crippen molar-refractivity contribution in [2.24, 2.45) is 5.73 Å². The summed E-state index contributed by atoms with van der Waals surface area (Å²) in [6.07, 6.45) is 0.215. The van der Waals surface area contributed by atoms with Crippen LogP contribution in [0.4, 0.5) is 0 Å². The lowest BCUT2D eigenvalue weighted by atomic mass is 10.5. The van der Waals surface area contributed by atoms with E-state index in [0.717, 1.165) is 0 Å². The van der Waals surface area contributed by atoms with Crippen LogP contribution in [0.1, 0.15) is 6.42 Å². The molecule has 0 aliphatic heterocycles. The Bertz CT molecular complexity index is 108. The second-order valence-corrected chi connectivity index (χ2v) is 3.35. The molecule has 0 radical (unpaired) electrons. The normalized spacial score (nSPS) is 10.0. The van der Waals surface area contributed by atoms with E-state index in [1.54, 1.807) is 0 Å². The fraction of sp³-hybridized carbons (Fsp3) is 0.800. The first-order valence-corrected chi connectivity index (χ1v) is 3.92. The Morgan fingerprint density at radius 1 is 1.60 bits per heavy atom. The Morgan fingerprint density at radius 2 is 2.20 bits per heavy atom. The first-order valence-electron chi connectivity index (χ1n) is 2.88. The number of hydrogen-bond donors (Lipinski definition) is 3. The minimum Gasteiger partial charge on any atom is -0.464 e. The van der Waals surface area contributed by atoms with Crippen molar-refractivity contribution in [1.29, 1.82) is 0 Å². The molecule has 2 N–H and O–H groups in total. The molecule has 10 heavy (non-hydrogen) atoms. The average Bonchev–Trinajstić information content (AvgIpc) is 1.82. The summed E-state index contributed by atoms with van der Waals surface area (Å²) < 4.78 is 4.40. The average molecular weight is 181 g/mol. The van der Waals surface area contributed by atoms with Crippen molar-refractivity contribution in [2.45, 2.75) is 11.0 Å². The van der Waals surface area contributed by atoms with Crippen LogP contribution in [-0.4, -0.2) is 23.7 Å². The molecule has 0 amide bonds. The van der Waals surface area contributed by atoms with Crippen LogP contribution in [0.3, 0.4) is 0 Å². The first-order chi connectivity index (χ1) is 4.66. The third-order valence-electron chi connectivity index (χ3n) is 0.730. The Balaban J connectivity index is 3.26. The number of thiol groups is 2. The highest BCUT2D eigenvalue weighted by molar-refractivity contribution is 7.99. The van der Waals surface area contributed by atoms with E-state index < -0.39 is 0 Å². The summed E-state index contributed by atoms with van der Waals surface area (Å²) in [5.41, 5.74) is 5.09. The molecule has 0 fully saturated rings. The Hall–Kier alpha value is 0.130. The van der Waals surface area contributed by atoms with Crippen molar-refractivity contribution >= 4 is 31.2 Å². The molecule has 0 saturated carbocycles. The van der Waals surface area contributed by atoms with E-state index in [2.05, 4.69) is 30.0 Å². The minimum atomic E-state index is -0.305. The number of rotatable bonds is 4. The van der Waals surface area contributed by atoms with Gasteiger partial charge >= 0.3 is 5.97 Å². The molecule has 0 unspecified atom stereocenters. The lowest BCUT2D eigenvalue weighted by molar-refractivity contribution is -0.142. The molecule has 0 bridgehead atoms. The van der Waals surface area contributed by atoms with E-state index in [1.165, 1.54) is 0 Å². The van der Waals surface area contributed by atoms with Gasteiger partial charge < -0.3 is 10.5 Å². The van der Waals surface area contributed by atoms with Crippen LogP contribution in [0.5, 0.6) is 0 Å². The van der Waals surface area contributed by atoms with Crippen molar-refractivity contribution in [2.75, 3.05) is 13.2 Å². The van der Waals surface area contributed by atoms with Crippen LogP contribution in [0, 0.1) is 0 Å². The summed E-state index contributed by atoms with van der Waals surface area (Å²) in [6, 6.07) is 0. The summed E-state index contributed by atoms with van der Waals surface area (Å²) >= 11 is 7.78. The summed E-state index contributed by atoms with van der Waals surface area (Å²) in [4.78, 5) is 10.6. The van der Waals surface area contributed by atoms with Gasteiger partial charge in [-0.3, -0.25) is 4.79 Å². The molecule has 0 aliphatic rings. The number of esters is 1. The van der Waals surface area contributed by atoms with Crippen LogP contribution in [0.25, 0.3) is 0 Å². The van der Waals surface area contributed by atoms with Gasteiger partial charge in [0, 0.05) is 6.54 Å². The molecule has 0 aromatic carbocycles. The molecule has 0 saturated heterocycles. The maximum atomic E-state index is 10.6. The zero-order valence-electron chi connectivity index (χ0n) is 5.49. The topological polar surface area (TPSA) is 52.3 Å². The lowest BCUT2D eigenvalue weighted by Gasteiger charge is -2.03. The molecule has 0 aliphatic carbocycles. The Kier molecular flexibility index (Phi) is 5.96. The van der Waals surface area contributed by atoms with Crippen LogP contribution < -0.4 is 5.73 Å². The highest BCUT2D eigenvalue weighted by Gasteiger charge is 2.05. The summed E-state index contributed by atoms with van der Waals surface area (Å²) in [7, 11) is 0.